The average Bonchev–Trinajstić information content (AvgIpc) is 3.66. The number of carbonyl (C=O) groups excluding carboxylic acids is 1. The molecule has 2 aromatic rings. The Balaban J connectivity index is 0.000000598. The van der Waals surface area contributed by atoms with Crippen molar-refractivity contribution in [2.75, 3.05) is 0 Å². The van der Waals surface area contributed by atoms with Crippen molar-refractivity contribution in [2.45, 2.75) is 52.0 Å². The van der Waals surface area contributed by atoms with Crippen LogP contribution >= 0.6 is 0 Å². The Bertz CT molecular complexity index is 965. The predicted molar refractivity (Wildman–Crippen MR) is 146 cm³/mol. The van der Waals surface area contributed by atoms with Gasteiger partial charge in [0.15, 0.2) is 0 Å². The molecule has 0 unspecified atom stereocenters. The fourth-order valence-corrected chi connectivity index (χ4v) is 3.86. The maximum atomic E-state index is 12.9. The molecule has 1 heterocycles. The second-order valence-electron chi connectivity index (χ2n) is 10.1. The molecular weight excluding hydrogens is 517 g/mol. The predicted octanol–water partition coefficient (Wildman–Crippen LogP) is 5.51. The molecule has 10 radical (unpaired) electrons. The second kappa shape index (κ2) is 14.0. The van der Waals surface area contributed by atoms with Crippen molar-refractivity contribution in [3.05, 3.63) is 130 Å². The summed E-state index contributed by atoms with van der Waals surface area (Å²) in [6.45, 7) is 8.78. The molecule has 3 aliphatic rings. The number of rotatable bonds is 6. The molecule has 0 aromatic heterocycles. The first-order valence-corrected chi connectivity index (χ1v) is 12.6. The van der Waals surface area contributed by atoms with Crippen LogP contribution in [0.1, 0.15) is 38.8 Å². The zero-order valence-electron chi connectivity index (χ0n) is 22.3. The van der Waals surface area contributed by atoms with Crippen LogP contribution in [-0.2, 0) is 44.3 Å². The zero-order chi connectivity index (χ0) is 26.3. The number of benzene rings is 2. The molecule has 1 amide bonds. The Morgan fingerprint density at radius 3 is 1.82 bits per heavy atom. The standard InChI is InChI=1S/C26H29BNO4.C5H5.Fe/c1-25(2)26(3,4)32-27(31-25)22-16-14-21(15-17-22)19-30-24(29)28(23-12-8-9-13-23)18-20-10-6-5-7-11-20;1-2-4-5-3-1;/h5-17H,18-19H2,1-4H3;1-5H;/q;;+2. The number of hydrogen-bond acceptors (Lipinski definition) is 4. The first-order chi connectivity index (χ1) is 17.7. The van der Waals surface area contributed by atoms with Gasteiger partial charge in [0.05, 0.1) is 17.2 Å². The largest absolute Gasteiger partial charge is 2.00 e. The average molecular weight is 551 g/mol. The third-order valence-corrected chi connectivity index (χ3v) is 6.78. The van der Waals surface area contributed by atoms with E-state index < -0.39 is 7.12 Å². The smallest absolute Gasteiger partial charge is 0.445 e. The van der Waals surface area contributed by atoms with Crippen molar-refractivity contribution in [1.82, 2.24) is 4.90 Å². The van der Waals surface area contributed by atoms with E-state index in [0.717, 1.165) is 22.6 Å². The van der Waals surface area contributed by atoms with Gasteiger partial charge in [-0.2, -0.15) is 0 Å². The molecule has 0 N–H and O–H groups in total. The fourth-order valence-electron chi connectivity index (χ4n) is 3.86. The third kappa shape index (κ3) is 8.11. The quantitative estimate of drug-likeness (QED) is 0.445. The van der Waals surface area contributed by atoms with E-state index in [9.17, 15) is 4.79 Å². The van der Waals surface area contributed by atoms with Gasteiger partial charge in [-0.25, -0.2) is 4.79 Å². The summed E-state index contributed by atoms with van der Waals surface area (Å²) in [4.78, 5) is 14.5. The first kappa shape index (κ1) is 30.8. The number of carbonyl (C=O) groups is 1. The molecule has 5 rings (SSSR count). The molecule has 0 bridgehead atoms. The summed E-state index contributed by atoms with van der Waals surface area (Å²) >= 11 is 0. The van der Waals surface area contributed by atoms with Crippen molar-refractivity contribution in [3.8, 4) is 0 Å². The molecule has 38 heavy (non-hydrogen) atoms. The number of ether oxygens (including phenoxy) is 1. The molecule has 2 saturated carbocycles. The molecular formula is C31H34BFeNO4+2. The Labute approximate surface area is 240 Å². The van der Waals surface area contributed by atoms with Gasteiger partial charge < -0.3 is 14.0 Å². The van der Waals surface area contributed by atoms with E-state index in [-0.39, 0.29) is 41.0 Å². The van der Waals surface area contributed by atoms with E-state index in [1.54, 1.807) is 4.90 Å². The van der Waals surface area contributed by atoms with Crippen molar-refractivity contribution in [2.24, 2.45) is 0 Å². The Morgan fingerprint density at radius 1 is 0.763 bits per heavy atom. The van der Waals surface area contributed by atoms with Crippen LogP contribution in [0.5, 0.6) is 0 Å². The van der Waals surface area contributed by atoms with Gasteiger partial charge in [0, 0.05) is 6.54 Å². The summed E-state index contributed by atoms with van der Waals surface area (Å²) in [6.07, 6.45) is 17.3. The van der Waals surface area contributed by atoms with Crippen LogP contribution in [0.25, 0.3) is 0 Å². The SMILES string of the molecule is CC1(C)OB(c2ccc(COC(=O)N(Cc3ccccc3)[C]3[CH][CH][CH][CH]3)cc2)OC1(C)C.[CH]1[CH][CH][CH][CH]1.[Fe+2]. The topological polar surface area (TPSA) is 48.0 Å². The van der Waals surface area contributed by atoms with Gasteiger partial charge in [-0.3, -0.25) is 4.90 Å². The molecule has 2 aromatic carbocycles. The van der Waals surface area contributed by atoms with Gasteiger partial charge in [-0.05, 0) is 102 Å². The Kier molecular flexibility index (Phi) is 11.3. The Morgan fingerprint density at radius 2 is 1.29 bits per heavy atom. The van der Waals surface area contributed by atoms with Gasteiger partial charge >= 0.3 is 30.3 Å². The first-order valence-electron chi connectivity index (χ1n) is 12.6. The summed E-state index contributed by atoms with van der Waals surface area (Å²) in [5.41, 5.74) is 2.13. The van der Waals surface area contributed by atoms with Crippen molar-refractivity contribution >= 4 is 18.7 Å². The summed E-state index contributed by atoms with van der Waals surface area (Å²) in [5.74, 6) is 0. The van der Waals surface area contributed by atoms with E-state index in [2.05, 4.69) is 0 Å². The molecule has 196 valence electrons. The van der Waals surface area contributed by atoms with Crippen LogP contribution in [-0.4, -0.2) is 29.3 Å². The van der Waals surface area contributed by atoms with E-state index >= 15 is 0 Å². The zero-order valence-corrected chi connectivity index (χ0v) is 23.4. The monoisotopic (exact) mass is 551 g/mol. The maximum Gasteiger partial charge on any atom is 2.00 e. The third-order valence-electron chi connectivity index (χ3n) is 6.78. The van der Waals surface area contributed by atoms with E-state index in [0.29, 0.717) is 6.54 Å². The van der Waals surface area contributed by atoms with Gasteiger partial charge in [0.1, 0.15) is 6.61 Å². The minimum absolute atomic E-state index is 0. The van der Waals surface area contributed by atoms with Crippen molar-refractivity contribution in [3.63, 3.8) is 0 Å². The second-order valence-corrected chi connectivity index (χ2v) is 10.1. The van der Waals surface area contributed by atoms with E-state index in [4.69, 9.17) is 14.0 Å². The summed E-state index contributed by atoms with van der Waals surface area (Å²) in [7, 11) is -0.407. The van der Waals surface area contributed by atoms with Crippen LogP contribution in [0.2, 0.25) is 0 Å². The molecule has 0 spiro atoms. The molecule has 5 nitrogen and oxygen atoms in total. The van der Waals surface area contributed by atoms with Crippen LogP contribution in [0.15, 0.2) is 54.6 Å². The van der Waals surface area contributed by atoms with E-state index in [1.165, 1.54) is 0 Å². The van der Waals surface area contributed by atoms with Crippen molar-refractivity contribution in [1.29, 1.82) is 0 Å². The minimum Gasteiger partial charge on any atom is -0.445 e. The molecule has 1 aliphatic heterocycles. The van der Waals surface area contributed by atoms with Gasteiger partial charge in [0.2, 0.25) is 0 Å². The van der Waals surface area contributed by atoms with Crippen LogP contribution in [0.4, 0.5) is 4.79 Å². The molecule has 2 aliphatic carbocycles. The maximum absolute atomic E-state index is 12.9. The van der Waals surface area contributed by atoms with Crippen LogP contribution in [0.3, 0.4) is 0 Å². The Hall–Kier alpha value is -1.79. The van der Waals surface area contributed by atoms with Crippen LogP contribution in [0, 0.1) is 63.8 Å². The van der Waals surface area contributed by atoms with Gasteiger partial charge in [-0.15, -0.1) is 0 Å². The molecule has 3 fully saturated rings. The number of amides is 1. The molecule has 1 saturated heterocycles. The molecule has 0 atom stereocenters. The minimum atomic E-state index is -0.407. The summed E-state index contributed by atoms with van der Waals surface area (Å²) in [5, 5.41) is 0. The van der Waals surface area contributed by atoms with Crippen LogP contribution < -0.4 is 5.46 Å². The van der Waals surface area contributed by atoms with Gasteiger partial charge in [0.25, 0.3) is 0 Å². The summed E-state index contributed by atoms with van der Waals surface area (Å²) < 4.78 is 17.8. The summed E-state index contributed by atoms with van der Waals surface area (Å²) in [6, 6.07) is 18.5. The van der Waals surface area contributed by atoms with Gasteiger partial charge in [-0.1, -0.05) is 54.6 Å². The fraction of sp³-hybridized carbons (Fsp3) is 0.258. The number of hydrogen-bond donors (Lipinski definition) is 0. The van der Waals surface area contributed by atoms with Crippen molar-refractivity contribution < 1.29 is 35.9 Å². The molecule has 7 heteroatoms. The van der Waals surface area contributed by atoms with E-state index in [1.807, 2.05) is 140 Å². The number of nitrogens with zero attached hydrogens (tertiary/aromatic N) is 1. The normalized spacial score (nSPS) is 19.8.